The highest BCUT2D eigenvalue weighted by molar-refractivity contribution is 5.67. The number of hydrogen-bond donors (Lipinski definition) is 3. The molecule has 0 bridgehead atoms. The van der Waals surface area contributed by atoms with E-state index >= 15 is 0 Å². The molecule has 0 radical (unpaired) electrons. The molecule has 0 aromatic heterocycles. The number of hydrogen-bond acceptors (Lipinski definition) is 9. The van der Waals surface area contributed by atoms with Gasteiger partial charge < -0.3 is 34.5 Å². The van der Waals surface area contributed by atoms with Crippen LogP contribution in [-0.2, 0) is 23.7 Å². The predicted octanol–water partition coefficient (Wildman–Crippen LogP) is 4.93. The summed E-state index contributed by atoms with van der Waals surface area (Å²) in [6.07, 6.45) is 5.53. The first-order valence-corrected chi connectivity index (χ1v) is 19.4. The molecule has 2 heterocycles. The quantitative estimate of drug-likeness (QED) is 0.319. The van der Waals surface area contributed by atoms with E-state index in [2.05, 4.69) is 44.8 Å². The second-order valence-corrected chi connectivity index (χ2v) is 19.0. The number of ether oxygens (including phenoxy) is 4. The van der Waals surface area contributed by atoms with Gasteiger partial charge in [0.1, 0.15) is 6.10 Å². The number of morpholine rings is 1. The lowest BCUT2D eigenvalue weighted by atomic mass is 9.41. The number of rotatable bonds is 7. The maximum absolute atomic E-state index is 13.0. The lowest BCUT2D eigenvalue weighted by Gasteiger charge is -2.63. The largest absolute Gasteiger partial charge is 0.457 e. The topological polar surface area (TPSA) is 127 Å². The molecule has 278 valence electrons. The molecular weight excluding hydrogens is 624 g/mol. The average molecular weight is 689 g/mol. The number of aliphatic hydroxyl groups is 2. The monoisotopic (exact) mass is 688 g/mol. The van der Waals surface area contributed by atoms with Crippen molar-refractivity contribution in [1.29, 1.82) is 0 Å². The van der Waals surface area contributed by atoms with Crippen molar-refractivity contribution in [3.05, 3.63) is 0 Å². The molecule has 0 aromatic rings. The SMILES string of the molecule is CC(=O)O[C@@H]([C@@H]1C[C@@H](C)[C@H]2[C@H](O1)[C@H](O)[C@@]1(C)[C@@H]3CC[C@H]4C(C)(C)[C@@H](OC(=O)NCCN5CCOCC5)CC[C@@]45C[C@@]35CC[C@]21C)C(C)(C)O. The van der Waals surface area contributed by atoms with E-state index < -0.39 is 29.9 Å². The van der Waals surface area contributed by atoms with E-state index in [9.17, 15) is 19.8 Å². The fourth-order valence-corrected chi connectivity index (χ4v) is 13.9. The zero-order valence-electron chi connectivity index (χ0n) is 31.4. The third kappa shape index (κ3) is 5.26. The highest BCUT2D eigenvalue weighted by Gasteiger charge is 2.84. The maximum atomic E-state index is 13.0. The first-order valence-electron chi connectivity index (χ1n) is 19.4. The van der Waals surface area contributed by atoms with Gasteiger partial charge in [-0.15, -0.1) is 0 Å². The van der Waals surface area contributed by atoms with E-state index in [1.54, 1.807) is 13.8 Å². The van der Waals surface area contributed by atoms with Gasteiger partial charge in [-0.05, 0) is 105 Å². The Labute approximate surface area is 293 Å². The van der Waals surface area contributed by atoms with E-state index in [4.69, 9.17) is 18.9 Å². The summed E-state index contributed by atoms with van der Waals surface area (Å²) < 4.78 is 24.2. The summed E-state index contributed by atoms with van der Waals surface area (Å²) in [6.45, 7) is 21.2. The molecule has 13 atom stereocenters. The molecule has 0 unspecified atom stereocenters. The zero-order valence-corrected chi connectivity index (χ0v) is 31.4. The van der Waals surface area contributed by atoms with Gasteiger partial charge in [-0.2, -0.15) is 0 Å². The minimum Gasteiger partial charge on any atom is -0.457 e. The molecule has 7 rings (SSSR count). The first kappa shape index (κ1) is 35.9. The predicted molar refractivity (Wildman–Crippen MR) is 183 cm³/mol. The summed E-state index contributed by atoms with van der Waals surface area (Å²) in [5.74, 6) is 0.863. The van der Waals surface area contributed by atoms with Crippen LogP contribution in [0.3, 0.4) is 0 Å². The van der Waals surface area contributed by atoms with E-state index in [1.165, 1.54) is 19.8 Å². The average Bonchev–Trinajstić information content (AvgIpc) is 3.66. The van der Waals surface area contributed by atoms with Crippen molar-refractivity contribution >= 4 is 12.1 Å². The molecule has 5 saturated carbocycles. The fourth-order valence-electron chi connectivity index (χ4n) is 13.9. The molecule has 0 aromatic carbocycles. The molecule has 5 aliphatic carbocycles. The molecule has 10 heteroatoms. The number of esters is 1. The third-order valence-electron chi connectivity index (χ3n) is 16.1. The molecular formula is C39H64N2O8. The Bertz CT molecular complexity index is 1300. The molecule has 2 saturated heterocycles. The number of nitrogens with zero attached hydrogens (tertiary/aromatic N) is 1. The maximum Gasteiger partial charge on any atom is 0.407 e. The van der Waals surface area contributed by atoms with Crippen LogP contribution in [0.2, 0.25) is 0 Å². The molecule has 49 heavy (non-hydrogen) atoms. The molecule has 7 fully saturated rings. The Balaban J connectivity index is 1.07. The standard InChI is InChI=1S/C39H64N2O8/c1-23-21-25(32(35(5,6)45)47-24(2)42)48-30-29(23)36(7)13-14-39-22-38(39)12-11-28(49-33(44)40-15-16-41-17-19-46-20-18-41)34(3,4)26(38)9-10-27(39)37(36,8)31(30)43/h23,25-32,43,45H,9-22H2,1-8H3,(H,40,44)/t23-,25+,26+,27+,28+,29+,30+,31+,32+,36-,37-,38-,39+/m1/s1. The van der Waals surface area contributed by atoms with Crippen LogP contribution >= 0.6 is 0 Å². The lowest BCUT2D eigenvalue weighted by molar-refractivity contribution is -0.216. The molecule has 2 aliphatic heterocycles. The number of aliphatic hydroxyl groups excluding tert-OH is 1. The van der Waals surface area contributed by atoms with Crippen molar-refractivity contribution in [1.82, 2.24) is 10.2 Å². The summed E-state index contributed by atoms with van der Waals surface area (Å²) in [4.78, 5) is 27.4. The molecule has 1 amide bonds. The van der Waals surface area contributed by atoms with Crippen molar-refractivity contribution in [3.63, 3.8) is 0 Å². The van der Waals surface area contributed by atoms with Crippen molar-refractivity contribution in [3.8, 4) is 0 Å². The second kappa shape index (κ2) is 12.0. The van der Waals surface area contributed by atoms with Crippen LogP contribution in [0.1, 0.15) is 107 Å². The highest BCUT2D eigenvalue weighted by Crippen LogP contribution is 2.89. The minimum atomic E-state index is -1.27. The first-order chi connectivity index (χ1) is 22.9. The van der Waals surface area contributed by atoms with Crippen LogP contribution in [0.25, 0.3) is 0 Å². The van der Waals surface area contributed by atoms with Gasteiger partial charge in [0.15, 0.2) is 6.10 Å². The Kier molecular flexibility index (Phi) is 8.83. The smallest absolute Gasteiger partial charge is 0.407 e. The molecule has 3 N–H and O–H groups in total. The summed E-state index contributed by atoms with van der Waals surface area (Å²) in [6, 6.07) is 0. The van der Waals surface area contributed by atoms with E-state index in [0.717, 1.165) is 65.0 Å². The van der Waals surface area contributed by atoms with Crippen molar-refractivity contribution in [2.45, 2.75) is 143 Å². The minimum absolute atomic E-state index is 0.0885. The normalized spacial score (nSPS) is 47.7. The van der Waals surface area contributed by atoms with Crippen LogP contribution in [0.5, 0.6) is 0 Å². The number of carbonyl (C=O) groups is 2. The van der Waals surface area contributed by atoms with Gasteiger partial charge in [0.25, 0.3) is 0 Å². The van der Waals surface area contributed by atoms with E-state index in [0.29, 0.717) is 24.8 Å². The zero-order chi connectivity index (χ0) is 35.4. The molecule has 2 spiro atoms. The Morgan fingerprint density at radius 1 is 1.02 bits per heavy atom. The summed E-state index contributed by atoms with van der Waals surface area (Å²) in [5.41, 5.74) is -1.39. The number of alkyl carbamates (subject to hydrolysis) is 1. The van der Waals surface area contributed by atoms with Gasteiger partial charge in [0.2, 0.25) is 0 Å². The number of fused-ring (bicyclic) bond motifs is 4. The van der Waals surface area contributed by atoms with Gasteiger partial charge in [-0.1, -0.05) is 34.6 Å². The Hall–Kier alpha value is -1.46. The number of nitrogens with one attached hydrogen (secondary N) is 1. The van der Waals surface area contributed by atoms with Crippen molar-refractivity contribution in [2.24, 2.45) is 50.7 Å². The number of amides is 1. The van der Waals surface area contributed by atoms with Gasteiger partial charge in [0, 0.05) is 43.9 Å². The lowest BCUT2D eigenvalue weighted by Crippen LogP contribution is -2.60. The van der Waals surface area contributed by atoms with E-state index in [1.807, 2.05) is 0 Å². The van der Waals surface area contributed by atoms with Crippen molar-refractivity contribution in [2.75, 3.05) is 39.4 Å². The molecule has 7 aliphatic rings. The van der Waals surface area contributed by atoms with Gasteiger partial charge in [-0.3, -0.25) is 9.69 Å². The van der Waals surface area contributed by atoms with Crippen LogP contribution in [0.15, 0.2) is 0 Å². The summed E-state index contributed by atoms with van der Waals surface area (Å²) in [5, 5.41) is 26.6. The van der Waals surface area contributed by atoms with Crippen LogP contribution in [0, 0.1) is 50.7 Å². The number of carbonyl (C=O) groups excluding carboxylic acids is 2. The summed E-state index contributed by atoms with van der Waals surface area (Å²) in [7, 11) is 0. The highest BCUT2D eigenvalue weighted by atomic mass is 16.6. The van der Waals surface area contributed by atoms with Crippen LogP contribution in [-0.4, -0.2) is 103 Å². The second-order valence-electron chi connectivity index (χ2n) is 19.0. The van der Waals surface area contributed by atoms with Gasteiger partial charge in [-0.25, -0.2) is 4.79 Å². The Morgan fingerprint density at radius 3 is 2.37 bits per heavy atom. The third-order valence-corrected chi connectivity index (χ3v) is 16.1. The molecule has 10 nitrogen and oxygen atoms in total. The van der Waals surface area contributed by atoms with Crippen LogP contribution in [0.4, 0.5) is 4.79 Å². The van der Waals surface area contributed by atoms with Gasteiger partial charge in [0.05, 0.1) is 37.1 Å². The van der Waals surface area contributed by atoms with Crippen LogP contribution < -0.4 is 5.32 Å². The fraction of sp³-hybridized carbons (Fsp3) is 0.949. The van der Waals surface area contributed by atoms with E-state index in [-0.39, 0.29) is 57.2 Å². The van der Waals surface area contributed by atoms with Gasteiger partial charge >= 0.3 is 12.1 Å². The van der Waals surface area contributed by atoms with Crippen molar-refractivity contribution < 1.29 is 38.7 Å². The Morgan fingerprint density at radius 2 is 1.69 bits per heavy atom. The summed E-state index contributed by atoms with van der Waals surface area (Å²) >= 11 is 0.